The second-order valence-electron chi connectivity index (χ2n) is 7.98. The minimum atomic E-state index is -0.125. The summed E-state index contributed by atoms with van der Waals surface area (Å²) in [6, 6.07) is 11.6. The summed E-state index contributed by atoms with van der Waals surface area (Å²) in [6.07, 6.45) is 3.83. The Balaban J connectivity index is 1.35. The van der Waals surface area contributed by atoms with Crippen LogP contribution in [-0.2, 0) is 17.8 Å². The van der Waals surface area contributed by atoms with Crippen molar-refractivity contribution in [2.75, 3.05) is 31.6 Å². The summed E-state index contributed by atoms with van der Waals surface area (Å²) in [6.45, 7) is 4.32. The highest BCUT2D eigenvalue weighted by Gasteiger charge is 2.27. The number of fused-ring (bicyclic) bond motifs is 1. The van der Waals surface area contributed by atoms with Crippen molar-refractivity contribution >= 4 is 22.9 Å². The first-order valence-corrected chi connectivity index (χ1v) is 11.1. The Labute approximate surface area is 187 Å². The summed E-state index contributed by atoms with van der Waals surface area (Å²) < 4.78 is 6.91. The van der Waals surface area contributed by atoms with E-state index in [-0.39, 0.29) is 17.4 Å². The van der Waals surface area contributed by atoms with Crippen molar-refractivity contribution < 1.29 is 9.53 Å². The van der Waals surface area contributed by atoms with Gasteiger partial charge in [-0.3, -0.25) is 14.2 Å². The molecule has 3 aromatic rings. The lowest BCUT2D eigenvalue weighted by Crippen LogP contribution is -2.43. The third-order valence-electron chi connectivity index (χ3n) is 6.01. The van der Waals surface area contributed by atoms with Crippen LogP contribution < -0.4 is 20.5 Å². The first-order chi connectivity index (χ1) is 15.6. The van der Waals surface area contributed by atoms with Crippen LogP contribution in [0.4, 0.5) is 5.82 Å². The molecule has 0 bridgehead atoms. The Morgan fingerprint density at radius 1 is 1.22 bits per heavy atom. The van der Waals surface area contributed by atoms with Crippen LogP contribution in [0.1, 0.15) is 25.3 Å². The van der Waals surface area contributed by atoms with E-state index in [2.05, 4.69) is 15.3 Å². The number of anilines is 1. The number of pyridine rings is 1. The smallest absolute Gasteiger partial charge is 0.295 e. The second kappa shape index (κ2) is 9.80. The van der Waals surface area contributed by atoms with Gasteiger partial charge in [0.05, 0.1) is 7.11 Å². The number of amides is 1. The molecule has 1 fully saturated rings. The molecule has 0 saturated carbocycles. The summed E-state index contributed by atoms with van der Waals surface area (Å²) in [7, 11) is 1.65. The van der Waals surface area contributed by atoms with Crippen LogP contribution in [0.2, 0.25) is 0 Å². The highest BCUT2D eigenvalue weighted by Crippen LogP contribution is 2.21. The average Bonchev–Trinajstić information content (AvgIpc) is 2.84. The van der Waals surface area contributed by atoms with Gasteiger partial charge in [0.15, 0.2) is 11.5 Å². The van der Waals surface area contributed by atoms with E-state index in [1.54, 1.807) is 17.9 Å². The molecule has 0 spiro atoms. The van der Waals surface area contributed by atoms with Crippen molar-refractivity contribution in [2.45, 2.75) is 32.7 Å². The van der Waals surface area contributed by atoms with Gasteiger partial charge < -0.3 is 15.0 Å². The summed E-state index contributed by atoms with van der Waals surface area (Å²) in [4.78, 5) is 36.5. The molecule has 32 heavy (non-hydrogen) atoms. The van der Waals surface area contributed by atoms with Crippen LogP contribution in [0.5, 0.6) is 5.75 Å². The molecule has 0 atom stereocenters. The van der Waals surface area contributed by atoms with Crippen molar-refractivity contribution in [3.63, 3.8) is 0 Å². The van der Waals surface area contributed by atoms with Gasteiger partial charge >= 0.3 is 0 Å². The molecule has 8 heteroatoms. The van der Waals surface area contributed by atoms with Gasteiger partial charge in [0.2, 0.25) is 5.91 Å². The van der Waals surface area contributed by atoms with Gasteiger partial charge in [0.1, 0.15) is 11.3 Å². The lowest BCUT2D eigenvalue weighted by atomic mass is 9.96. The fourth-order valence-electron chi connectivity index (χ4n) is 4.22. The van der Waals surface area contributed by atoms with Crippen LogP contribution in [-0.4, -0.2) is 47.2 Å². The molecule has 8 nitrogen and oxygen atoms in total. The largest absolute Gasteiger partial charge is 0.497 e. The number of aromatic nitrogens is 3. The normalized spacial score (nSPS) is 14.5. The number of carbonyl (C=O) groups excluding carboxylic acids is 1. The van der Waals surface area contributed by atoms with E-state index in [1.165, 1.54) is 0 Å². The predicted octanol–water partition coefficient (Wildman–Crippen LogP) is 2.40. The van der Waals surface area contributed by atoms with Crippen LogP contribution in [0.3, 0.4) is 0 Å². The van der Waals surface area contributed by atoms with Gasteiger partial charge in [-0.1, -0.05) is 12.1 Å². The molecular weight excluding hydrogens is 406 g/mol. The molecule has 1 saturated heterocycles. The Morgan fingerprint density at radius 3 is 2.78 bits per heavy atom. The van der Waals surface area contributed by atoms with Crippen LogP contribution in [0.25, 0.3) is 11.2 Å². The first kappa shape index (κ1) is 21.8. The topological polar surface area (TPSA) is 89.4 Å². The molecule has 4 rings (SSSR count). The van der Waals surface area contributed by atoms with Crippen LogP contribution in [0.15, 0.2) is 47.4 Å². The molecule has 1 amide bonds. The number of ether oxygens (including phenoxy) is 1. The van der Waals surface area contributed by atoms with E-state index in [9.17, 15) is 9.59 Å². The molecule has 0 aliphatic carbocycles. The second-order valence-corrected chi connectivity index (χ2v) is 7.98. The lowest BCUT2D eigenvalue weighted by Gasteiger charge is -2.32. The van der Waals surface area contributed by atoms with Crippen molar-refractivity contribution in [1.82, 2.24) is 19.9 Å². The number of methoxy groups -OCH3 is 1. The Bertz CT molecular complexity index is 1150. The number of carbonyl (C=O) groups is 1. The third kappa shape index (κ3) is 4.59. The fourth-order valence-corrected chi connectivity index (χ4v) is 4.22. The summed E-state index contributed by atoms with van der Waals surface area (Å²) in [5.41, 5.74) is 2.32. The highest BCUT2D eigenvalue weighted by molar-refractivity contribution is 5.79. The number of nitrogens with one attached hydrogen (secondary N) is 1. The SMILES string of the molecule is CCn1c(=O)c(N2CCC(C(=O)NCCc3cccc(OC)c3)CC2)nc2cccnc21. The fraction of sp³-hybridized carbons (Fsp3) is 0.417. The standard InChI is InChI=1S/C24H29N5O3/c1-3-29-21-20(8-5-12-25-21)27-22(24(29)31)28-14-10-18(11-15-28)23(30)26-13-9-17-6-4-7-19(16-17)32-2/h4-8,12,16,18H,3,9-11,13-15H2,1-2H3,(H,26,30). The maximum atomic E-state index is 13.0. The number of rotatable bonds is 7. The minimum Gasteiger partial charge on any atom is -0.497 e. The minimum absolute atomic E-state index is 0.0490. The van der Waals surface area contributed by atoms with Gasteiger partial charge in [-0.2, -0.15) is 0 Å². The summed E-state index contributed by atoms with van der Waals surface area (Å²) in [5, 5.41) is 3.06. The molecule has 0 unspecified atom stereocenters. The number of piperidine rings is 1. The number of hydrogen-bond donors (Lipinski definition) is 1. The first-order valence-electron chi connectivity index (χ1n) is 11.1. The maximum absolute atomic E-state index is 13.0. The lowest BCUT2D eigenvalue weighted by molar-refractivity contribution is -0.125. The molecular formula is C24H29N5O3. The maximum Gasteiger partial charge on any atom is 0.295 e. The van der Waals surface area contributed by atoms with E-state index in [4.69, 9.17) is 4.74 Å². The van der Waals surface area contributed by atoms with E-state index in [0.717, 1.165) is 17.7 Å². The van der Waals surface area contributed by atoms with Crippen molar-refractivity contribution in [3.05, 3.63) is 58.5 Å². The van der Waals surface area contributed by atoms with Gasteiger partial charge in [0.25, 0.3) is 5.56 Å². The van der Waals surface area contributed by atoms with Crippen LogP contribution in [0, 0.1) is 5.92 Å². The molecule has 1 N–H and O–H groups in total. The molecule has 2 aromatic heterocycles. The summed E-state index contributed by atoms with van der Waals surface area (Å²) >= 11 is 0. The van der Waals surface area contributed by atoms with Gasteiger partial charge in [0, 0.05) is 38.3 Å². The molecule has 1 aliphatic rings. The van der Waals surface area contributed by atoms with Gasteiger partial charge in [-0.25, -0.2) is 9.97 Å². The summed E-state index contributed by atoms with van der Waals surface area (Å²) in [5.74, 6) is 1.30. The van der Waals surface area contributed by atoms with E-state index in [1.807, 2.05) is 48.2 Å². The number of aryl methyl sites for hydroxylation is 1. The molecule has 0 radical (unpaired) electrons. The zero-order valence-electron chi connectivity index (χ0n) is 18.6. The van der Waals surface area contributed by atoms with E-state index >= 15 is 0 Å². The Kier molecular flexibility index (Phi) is 6.68. The zero-order valence-corrected chi connectivity index (χ0v) is 18.6. The van der Waals surface area contributed by atoms with Gasteiger partial charge in [-0.05, 0) is 56.0 Å². The number of hydrogen-bond acceptors (Lipinski definition) is 6. The van der Waals surface area contributed by atoms with Crippen molar-refractivity contribution in [2.24, 2.45) is 5.92 Å². The molecule has 1 aliphatic heterocycles. The zero-order chi connectivity index (χ0) is 22.5. The van der Waals surface area contributed by atoms with Crippen molar-refractivity contribution in [1.29, 1.82) is 0 Å². The molecule has 1 aromatic carbocycles. The number of benzene rings is 1. The van der Waals surface area contributed by atoms with Crippen molar-refractivity contribution in [3.8, 4) is 5.75 Å². The highest BCUT2D eigenvalue weighted by atomic mass is 16.5. The third-order valence-corrected chi connectivity index (χ3v) is 6.01. The Hall–Kier alpha value is -3.42. The quantitative estimate of drug-likeness (QED) is 0.613. The monoisotopic (exact) mass is 435 g/mol. The van der Waals surface area contributed by atoms with Crippen LogP contribution >= 0.6 is 0 Å². The van der Waals surface area contributed by atoms with E-state index < -0.39 is 0 Å². The molecule has 168 valence electrons. The Morgan fingerprint density at radius 2 is 2.03 bits per heavy atom. The molecule has 3 heterocycles. The number of nitrogens with zero attached hydrogens (tertiary/aromatic N) is 4. The van der Waals surface area contributed by atoms with E-state index in [0.29, 0.717) is 56.0 Å². The predicted molar refractivity (Wildman–Crippen MR) is 124 cm³/mol. The van der Waals surface area contributed by atoms with Gasteiger partial charge in [-0.15, -0.1) is 0 Å². The average molecular weight is 436 g/mol.